The Morgan fingerprint density at radius 1 is 1.38 bits per heavy atom. The van der Waals surface area contributed by atoms with Gasteiger partial charge >= 0.3 is 0 Å². The molecule has 1 aromatic carbocycles. The Morgan fingerprint density at radius 3 is 2.67 bits per heavy atom. The van der Waals surface area contributed by atoms with Crippen LogP contribution in [0, 0.1) is 19.7 Å². The maximum absolute atomic E-state index is 14.4. The molecule has 3 N–H and O–H groups in total. The Morgan fingerprint density at radius 2 is 2.12 bits per heavy atom. The molecule has 6 heteroatoms. The number of aromatic nitrogens is 2. The molecule has 0 aliphatic carbocycles. The van der Waals surface area contributed by atoms with E-state index in [4.69, 9.17) is 5.73 Å². The van der Waals surface area contributed by atoms with Crippen molar-refractivity contribution in [3.05, 3.63) is 47.0 Å². The average Bonchev–Trinajstić information content (AvgIpc) is 2.89. The minimum atomic E-state index is -0.480. The van der Waals surface area contributed by atoms with Crippen LogP contribution < -0.4 is 11.1 Å². The second-order valence-electron chi connectivity index (χ2n) is 6.05. The number of nitrogens with zero attached hydrogens (tertiary/aromatic N) is 2. The van der Waals surface area contributed by atoms with E-state index in [9.17, 15) is 9.18 Å². The number of hydrogen-bond donors (Lipinski definition) is 2. The van der Waals surface area contributed by atoms with E-state index in [1.54, 1.807) is 12.1 Å². The molecule has 0 fully saturated rings. The summed E-state index contributed by atoms with van der Waals surface area (Å²) in [5, 5.41) is 7.14. The maximum Gasteiger partial charge on any atom is 0.251 e. The summed E-state index contributed by atoms with van der Waals surface area (Å²) < 4.78 is 16.0. The number of carbonyl (C=O) groups is 1. The number of rotatable bonds is 7. The summed E-state index contributed by atoms with van der Waals surface area (Å²) in [5.41, 5.74) is 7.96. The summed E-state index contributed by atoms with van der Waals surface area (Å²) in [6, 6.07) is 6.22. The smallest absolute Gasteiger partial charge is 0.251 e. The molecule has 0 saturated carbocycles. The van der Waals surface area contributed by atoms with Crippen LogP contribution in [0.3, 0.4) is 0 Å². The Bertz CT molecular complexity index is 711. The third-order valence-electron chi connectivity index (χ3n) is 3.97. The normalized spacial score (nSPS) is 12.2. The molecule has 24 heavy (non-hydrogen) atoms. The average molecular weight is 332 g/mol. The van der Waals surface area contributed by atoms with Crippen molar-refractivity contribution in [1.29, 1.82) is 0 Å². The van der Waals surface area contributed by atoms with Crippen molar-refractivity contribution in [3.63, 3.8) is 0 Å². The van der Waals surface area contributed by atoms with Gasteiger partial charge in [0.25, 0.3) is 5.91 Å². The highest BCUT2D eigenvalue weighted by molar-refractivity contribution is 5.94. The lowest BCUT2D eigenvalue weighted by Crippen LogP contribution is -2.40. The van der Waals surface area contributed by atoms with Gasteiger partial charge in [-0.1, -0.05) is 19.8 Å². The molecule has 0 saturated heterocycles. The number of halogens is 1. The van der Waals surface area contributed by atoms with Gasteiger partial charge in [-0.15, -0.1) is 0 Å². The highest BCUT2D eigenvalue weighted by atomic mass is 19.1. The Hall–Kier alpha value is -2.21. The zero-order valence-corrected chi connectivity index (χ0v) is 14.5. The molecule has 1 unspecified atom stereocenters. The summed E-state index contributed by atoms with van der Waals surface area (Å²) in [5.74, 6) is -0.785. The lowest BCUT2D eigenvalue weighted by Gasteiger charge is -2.16. The van der Waals surface area contributed by atoms with Gasteiger partial charge in [-0.25, -0.2) is 9.07 Å². The molecule has 1 atom stereocenters. The van der Waals surface area contributed by atoms with E-state index in [2.05, 4.69) is 17.3 Å². The van der Waals surface area contributed by atoms with E-state index in [1.807, 2.05) is 19.9 Å². The second kappa shape index (κ2) is 8.06. The molecule has 0 spiro atoms. The van der Waals surface area contributed by atoms with E-state index in [1.165, 1.54) is 10.7 Å². The molecule has 0 bridgehead atoms. The molecular formula is C18H25FN4O. The Balaban J connectivity index is 2.16. The zero-order chi connectivity index (χ0) is 17.7. The van der Waals surface area contributed by atoms with E-state index in [0.717, 1.165) is 30.7 Å². The van der Waals surface area contributed by atoms with E-state index in [0.29, 0.717) is 12.2 Å². The second-order valence-corrected chi connectivity index (χ2v) is 6.05. The first-order valence-corrected chi connectivity index (χ1v) is 8.30. The third-order valence-corrected chi connectivity index (χ3v) is 3.97. The predicted octanol–water partition coefficient (Wildman–Crippen LogP) is 2.88. The van der Waals surface area contributed by atoms with Gasteiger partial charge < -0.3 is 11.1 Å². The van der Waals surface area contributed by atoms with Crippen LogP contribution in [-0.2, 0) is 0 Å². The van der Waals surface area contributed by atoms with Crippen LogP contribution >= 0.6 is 0 Å². The zero-order valence-electron chi connectivity index (χ0n) is 14.5. The molecule has 1 aromatic heterocycles. The number of benzene rings is 1. The van der Waals surface area contributed by atoms with Crippen molar-refractivity contribution in [3.8, 4) is 5.69 Å². The third kappa shape index (κ3) is 4.20. The monoisotopic (exact) mass is 332 g/mol. The minimum Gasteiger partial charge on any atom is -0.348 e. The molecule has 1 amide bonds. The van der Waals surface area contributed by atoms with Crippen LogP contribution in [0.5, 0.6) is 0 Å². The molecule has 2 aromatic rings. The van der Waals surface area contributed by atoms with Crippen LogP contribution in [-0.4, -0.2) is 28.3 Å². The molecule has 130 valence electrons. The largest absolute Gasteiger partial charge is 0.348 e. The highest BCUT2D eigenvalue weighted by Gasteiger charge is 2.15. The first-order chi connectivity index (χ1) is 11.5. The van der Waals surface area contributed by atoms with Gasteiger partial charge in [0.2, 0.25) is 0 Å². The van der Waals surface area contributed by atoms with Crippen molar-refractivity contribution < 1.29 is 9.18 Å². The lowest BCUT2D eigenvalue weighted by molar-refractivity contribution is 0.0935. The molecular weight excluding hydrogens is 307 g/mol. The number of nitrogens with one attached hydrogen (secondary N) is 1. The number of nitrogens with two attached hydrogens (primary N) is 1. The van der Waals surface area contributed by atoms with Gasteiger partial charge in [0.1, 0.15) is 11.5 Å². The van der Waals surface area contributed by atoms with Crippen LogP contribution in [0.25, 0.3) is 5.69 Å². The van der Waals surface area contributed by atoms with Gasteiger partial charge in [0.15, 0.2) is 0 Å². The van der Waals surface area contributed by atoms with Crippen LogP contribution in [0.1, 0.15) is 47.9 Å². The number of aryl methyl sites for hydroxylation is 2. The van der Waals surface area contributed by atoms with Gasteiger partial charge in [0, 0.05) is 23.8 Å². The topological polar surface area (TPSA) is 72.9 Å². The Kier molecular flexibility index (Phi) is 6.09. The first kappa shape index (κ1) is 18.1. The molecule has 0 radical (unpaired) electrons. The minimum absolute atomic E-state index is 0.0869. The molecule has 2 rings (SSSR count). The number of amides is 1. The predicted molar refractivity (Wildman–Crippen MR) is 92.8 cm³/mol. The van der Waals surface area contributed by atoms with E-state index in [-0.39, 0.29) is 17.5 Å². The fourth-order valence-electron chi connectivity index (χ4n) is 2.66. The quantitative estimate of drug-likeness (QED) is 0.819. The summed E-state index contributed by atoms with van der Waals surface area (Å²) in [6.07, 6.45) is 2.86. The highest BCUT2D eigenvalue weighted by Crippen LogP contribution is 2.17. The summed E-state index contributed by atoms with van der Waals surface area (Å²) in [6.45, 7) is 6.17. The molecule has 1 heterocycles. The van der Waals surface area contributed by atoms with Gasteiger partial charge in [-0.05, 0) is 44.5 Å². The van der Waals surface area contributed by atoms with Crippen molar-refractivity contribution >= 4 is 5.91 Å². The van der Waals surface area contributed by atoms with Crippen LogP contribution in [0.15, 0.2) is 24.3 Å². The van der Waals surface area contributed by atoms with Crippen molar-refractivity contribution in [2.45, 2.75) is 46.1 Å². The van der Waals surface area contributed by atoms with E-state index >= 15 is 0 Å². The summed E-state index contributed by atoms with van der Waals surface area (Å²) in [4.78, 5) is 12.3. The van der Waals surface area contributed by atoms with Crippen molar-refractivity contribution in [2.75, 3.05) is 6.54 Å². The van der Waals surface area contributed by atoms with Crippen molar-refractivity contribution in [1.82, 2.24) is 15.1 Å². The van der Waals surface area contributed by atoms with Gasteiger partial charge in [-0.2, -0.15) is 5.10 Å². The van der Waals surface area contributed by atoms with Crippen LogP contribution in [0.4, 0.5) is 4.39 Å². The lowest BCUT2D eigenvalue weighted by atomic mass is 10.1. The molecule has 5 nitrogen and oxygen atoms in total. The molecule has 0 aliphatic rings. The number of carbonyl (C=O) groups excluding carboxylic acids is 1. The molecule has 0 aliphatic heterocycles. The fourth-order valence-corrected chi connectivity index (χ4v) is 2.66. The summed E-state index contributed by atoms with van der Waals surface area (Å²) in [7, 11) is 0. The van der Waals surface area contributed by atoms with Crippen LogP contribution in [0.2, 0.25) is 0 Å². The number of unbranched alkanes of at least 4 members (excludes halogenated alkanes) is 1. The fraction of sp³-hybridized carbons (Fsp3) is 0.444. The van der Waals surface area contributed by atoms with E-state index < -0.39 is 5.82 Å². The standard InChI is InChI=1S/C18H25FN4O/c1-4-5-6-15(11-20)21-18(24)14-7-8-17(16(19)10-14)23-13(3)9-12(2)22-23/h7-10,15H,4-6,11,20H2,1-3H3,(H,21,24). The first-order valence-electron chi connectivity index (χ1n) is 8.30. The maximum atomic E-state index is 14.4. The SMILES string of the molecule is CCCCC(CN)NC(=O)c1ccc(-n2nc(C)cc2C)c(F)c1. The summed E-state index contributed by atoms with van der Waals surface area (Å²) >= 11 is 0. The van der Waals surface area contributed by atoms with Gasteiger partial charge in [0.05, 0.1) is 5.69 Å². The number of hydrogen-bond acceptors (Lipinski definition) is 3. The Labute approximate surface area is 142 Å². The van der Waals surface area contributed by atoms with Gasteiger partial charge in [-0.3, -0.25) is 4.79 Å². The van der Waals surface area contributed by atoms with Crippen molar-refractivity contribution in [2.24, 2.45) is 5.73 Å².